The van der Waals surface area contributed by atoms with Crippen molar-refractivity contribution >= 4 is 52.1 Å². The summed E-state index contributed by atoms with van der Waals surface area (Å²) >= 11 is 0. The first-order valence-corrected chi connectivity index (χ1v) is 18.9. The van der Waals surface area contributed by atoms with Gasteiger partial charge < -0.3 is 14.6 Å². The van der Waals surface area contributed by atoms with Gasteiger partial charge in [0.1, 0.15) is 5.58 Å². The van der Waals surface area contributed by atoms with E-state index in [1.807, 2.05) is 0 Å². The lowest BCUT2D eigenvalue weighted by atomic mass is 9.63. The Kier molecular flexibility index (Phi) is 9.46. The SMILES string of the molecule is C/C=C/N(c1cccc(Nc2cc(-c3ccccc3C)ccc2C)c1)c1c([B]c2ccc(C(C)C)cc2)oc2cc3c(cc12)C(C)(C)CCC3(C)C. The van der Waals surface area contributed by atoms with E-state index < -0.39 is 0 Å². The van der Waals surface area contributed by atoms with Crippen LogP contribution in [-0.4, -0.2) is 7.28 Å². The molecule has 0 saturated carbocycles. The van der Waals surface area contributed by atoms with E-state index in [0.717, 1.165) is 57.7 Å². The second-order valence-electron chi connectivity index (χ2n) is 16.3. The Labute approximate surface area is 312 Å². The Morgan fingerprint density at radius 1 is 0.769 bits per heavy atom. The second-order valence-corrected chi connectivity index (χ2v) is 16.3. The van der Waals surface area contributed by atoms with Crippen molar-refractivity contribution < 1.29 is 4.42 Å². The summed E-state index contributed by atoms with van der Waals surface area (Å²) in [4.78, 5) is 2.30. The summed E-state index contributed by atoms with van der Waals surface area (Å²) in [6.07, 6.45) is 6.59. The molecule has 4 heteroatoms. The van der Waals surface area contributed by atoms with Crippen molar-refractivity contribution in [3.05, 3.63) is 143 Å². The molecule has 0 amide bonds. The first kappa shape index (κ1) is 35.4. The minimum atomic E-state index is 0.0735. The van der Waals surface area contributed by atoms with E-state index in [0.29, 0.717) is 5.92 Å². The van der Waals surface area contributed by atoms with Crippen LogP contribution in [0.1, 0.15) is 95.0 Å². The Bertz CT molecular complexity index is 2270. The van der Waals surface area contributed by atoms with Crippen molar-refractivity contribution in [3.8, 4) is 11.1 Å². The lowest BCUT2D eigenvalue weighted by Crippen LogP contribution is -2.33. The Morgan fingerprint density at radius 3 is 2.17 bits per heavy atom. The molecule has 1 radical (unpaired) electrons. The molecule has 0 saturated heterocycles. The number of hydrogen-bond acceptors (Lipinski definition) is 3. The summed E-state index contributed by atoms with van der Waals surface area (Å²) in [5, 5.41) is 4.90. The Hall–Kier alpha value is -4.96. The lowest BCUT2D eigenvalue weighted by molar-refractivity contribution is 0.332. The highest BCUT2D eigenvalue weighted by Gasteiger charge is 2.38. The highest BCUT2D eigenvalue weighted by molar-refractivity contribution is 6.68. The summed E-state index contributed by atoms with van der Waals surface area (Å²) in [6, 6.07) is 37.6. The molecule has 0 fully saturated rings. The summed E-state index contributed by atoms with van der Waals surface area (Å²) in [5.41, 5.74) is 16.4. The zero-order valence-corrected chi connectivity index (χ0v) is 32.4. The van der Waals surface area contributed by atoms with Crippen molar-refractivity contribution in [2.24, 2.45) is 0 Å². The maximum absolute atomic E-state index is 6.92. The third kappa shape index (κ3) is 6.84. The fraction of sp³-hybridized carbons (Fsp3) is 0.292. The van der Waals surface area contributed by atoms with Crippen LogP contribution in [0.2, 0.25) is 0 Å². The van der Waals surface area contributed by atoms with E-state index in [1.165, 1.54) is 38.9 Å². The number of nitrogens with zero attached hydrogens (tertiary/aromatic N) is 1. The minimum Gasteiger partial charge on any atom is -0.469 e. The summed E-state index contributed by atoms with van der Waals surface area (Å²) in [7, 11) is 2.20. The summed E-state index contributed by atoms with van der Waals surface area (Å²) in [5.74, 6) is 0.480. The molecule has 1 N–H and O–H groups in total. The second kappa shape index (κ2) is 13.9. The van der Waals surface area contributed by atoms with Gasteiger partial charge in [-0.05, 0) is 126 Å². The van der Waals surface area contributed by atoms with Gasteiger partial charge in [0.25, 0.3) is 0 Å². The van der Waals surface area contributed by atoms with Crippen LogP contribution >= 0.6 is 0 Å². The smallest absolute Gasteiger partial charge is 0.243 e. The molecule has 0 atom stereocenters. The van der Waals surface area contributed by atoms with Gasteiger partial charge in [0.2, 0.25) is 7.28 Å². The predicted octanol–water partition coefficient (Wildman–Crippen LogP) is 12.3. The molecule has 6 aromatic rings. The van der Waals surface area contributed by atoms with E-state index in [1.54, 1.807) is 0 Å². The minimum absolute atomic E-state index is 0.0735. The van der Waals surface area contributed by atoms with Gasteiger partial charge in [0.05, 0.1) is 11.3 Å². The van der Waals surface area contributed by atoms with Gasteiger partial charge in [-0.25, -0.2) is 0 Å². The highest BCUT2D eigenvalue weighted by Crippen LogP contribution is 2.48. The molecule has 0 unspecified atom stereocenters. The molecule has 263 valence electrons. The van der Waals surface area contributed by atoms with Crippen molar-refractivity contribution in [2.75, 3.05) is 10.2 Å². The maximum Gasteiger partial charge on any atom is 0.243 e. The van der Waals surface area contributed by atoms with Crippen LogP contribution in [-0.2, 0) is 10.8 Å². The first-order valence-electron chi connectivity index (χ1n) is 18.9. The van der Waals surface area contributed by atoms with Gasteiger partial charge in [0, 0.05) is 28.6 Å². The molecule has 1 aliphatic carbocycles. The predicted molar refractivity (Wildman–Crippen MR) is 225 cm³/mol. The van der Waals surface area contributed by atoms with Gasteiger partial charge in [0.15, 0.2) is 0 Å². The van der Waals surface area contributed by atoms with Crippen molar-refractivity contribution in [1.29, 1.82) is 0 Å². The molecule has 3 nitrogen and oxygen atoms in total. The van der Waals surface area contributed by atoms with E-state index >= 15 is 0 Å². The molecule has 1 aromatic heterocycles. The third-order valence-electron chi connectivity index (χ3n) is 11.2. The number of anilines is 4. The lowest BCUT2D eigenvalue weighted by Gasteiger charge is -2.41. The fourth-order valence-electron chi connectivity index (χ4n) is 7.79. The van der Waals surface area contributed by atoms with Crippen LogP contribution in [0, 0.1) is 13.8 Å². The van der Waals surface area contributed by atoms with E-state index in [-0.39, 0.29) is 10.8 Å². The molecule has 1 heterocycles. The molecular weight excluding hydrogens is 631 g/mol. The topological polar surface area (TPSA) is 28.4 Å². The van der Waals surface area contributed by atoms with Gasteiger partial charge in [-0.1, -0.05) is 120 Å². The van der Waals surface area contributed by atoms with Crippen LogP contribution < -0.4 is 21.3 Å². The van der Waals surface area contributed by atoms with Crippen LogP contribution in [0.15, 0.2) is 120 Å². The number of fused-ring (bicyclic) bond motifs is 2. The number of rotatable bonds is 9. The number of hydrogen-bond donors (Lipinski definition) is 1. The molecule has 5 aromatic carbocycles. The molecule has 0 aliphatic heterocycles. The average molecular weight is 684 g/mol. The first-order chi connectivity index (χ1) is 24.8. The monoisotopic (exact) mass is 683 g/mol. The zero-order valence-electron chi connectivity index (χ0n) is 32.4. The third-order valence-corrected chi connectivity index (χ3v) is 11.2. The maximum atomic E-state index is 6.92. The van der Waals surface area contributed by atoms with Gasteiger partial charge in [-0.3, -0.25) is 0 Å². The molecule has 0 bridgehead atoms. The number of nitrogens with one attached hydrogen (secondary N) is 1. The number of benzene rings is 5. The van der Waals surface area contributed by atoms with E-state index in [9.17, 15) is 0 Å². The zero-order chi connectivity index (χ0) is 36.8. The van der Waals surface area contributed by atoms with Crippen molar-refractivity contribution in [2.45, 2.75) is 91.9 Å². The standard InChI is InChI=1S/C48H52BN2O/c1-10-26-51(38-16-13-15-37(28-38)50-43-27-35(19-18-33(43)5)39-17-12-11-14-32(39)4)45-40-29-41-42(48(8,9)25-24-47(41,6)7)30-44(40)52-46(45)49-36-22-20-34(21-23-36)31(2)3/h10-23,26-31,50H,24-25H2,1-9H3/b26-10+. The Morgan fingerprint density at radius 2 is 1.48 bits per heavy atom. The van der Waals surface area contributed by atoms with E-state index in [4.69, 9.17) is 4.42 Å². The highest BCUT2D eigenvalue weighted by atomic mass is 16.3. The molecular formula is C48H52BN2O. The van der Waals surface area contributed by atoms with Crippen LogP contribution in [0.25, 0.3) is 22.1 Å². The van der Waals surface area contributed by atoms with E-state index in [2.05, 4.69) is 195 Å². The van der Waals surface area contributed by atoms with Crippen LogP contribution in [0.4, 0.5) is 22.7 Å². The molecule has 7 rings (SSSR count). The largest absolute Gasteiger partial charge is 0.469 e. The molecule has 1 aliphatic rings. The molecule has 52 heavy (non-hydrogen) atoms. The van der Waals surface area contributed by atoms with Crippen molar-refractivity contribution in [3.63, 3.8) is 0 Å². The van der Waals surface area contributed by atoms with Crippen LogP contribution in [0.3, 0.4) is 0 Å². The number of aryl methyl sites for hydroxylation is 2. The average Bonchev–Trinajstić information content (AvgIpc) is 3.47. The molecule has 0 spiro atoms. The normalized spacial score (nSPS) is 14.9. The Balaban J connectivity index is 1.35. The summed E-state index contributed by atoms with van der Waals surface area (Å²) in [6.45, 7) is 20.4. The van der Waals surface area contributed by atoms with Gasteiger partial charge in [-0.15, -0.1) is 0 Å². The quantitative estimate of drug-likeness (QED) is 0.154. The number of allylic oxidation sites excluding steroid dienone is 1. The van der Waals surface area contributed by atoms with Gasteiger partial charge in [-0.2, -0.15) is 0 Å². The van der Waals surface area contributed by atoms with Crippen molar-refractivity contribution in [1.82, 2.24) is 0 Å². The fourth-order valence-corrected chi connectivity index (χ4v) is 7.79. The summed E-state index contributed by atoms with van der Waals surface area (Å²) < 4.78 is 6.92. The van der Waals surface area contributed by atoms with Crippen LogP contribution in [0.5, 0.6) is 0 Å². The number of furan rings is 1. The van der Waals surface area contributed by atoms with Gasteiger partial charge >= 0.3 is 0 Å².